The van der Waals surface area contributed by atoms with Crippen LogP contribution in [-0.4, -0.2) is 10.5 Å². The van der Waals surface area contributed by atoms with Gasteiger partial charge in [-0.25, -0.2) is 0 Å². The molecule has 0 aliphatic heterocycles. The number of halogens is 3. The van der Waals surface area contributed by atoms with Crippen molar-refractivity contribution in [2.75, 3.05) is 0 Å². The van der Waals surface area contributed by atoms with E-state index in [4.69, 9.17) is 0 Å². The Morgan fingerprint density at radius 1 is 1.50 bits per heavy atom. The van der Waals surface area contributed by atoms with Crippen molar-refractivity contribution in [3.63, 3.8) is 0 Å². The second-order valence-electron chi connectivity index (χ2n) is 2.30. The topological polar surface area (TPSA) is 52.4 Å². The Bertz CT molecular complexity index is 353. The predicted molar refractivity (Wildman–Crippen MR) is 44.5 cm³/mol. The molecule has 14 heavy (non-hydrogen) atoms. The first-order valence-corrected chi connectivity index (χ1v) is 3.76. The normalized spacial score (nSPS) is 11.1. The molecule has 1 rings (SSSR count). The number of nitro benzene ring substituents is 1. The fourth-order valence-corrected chi connectivity index (χ4v) is 0.883. The molecule has 4 nitrogen and oxygen atoms in total. The highest BCUT2D eigenvalue weighted by atomic mass is 35.5. The van der Waals surface area contributed by atoms with Gasteiger partial charge in [0.2, 0.25) is 0 Å². The second-order valence-corrected chi connectivity index (χ2v) is 2.74. The molecule has 0 N–H and O–H groups in total. The number of alkyl halides is 3. The monoisotopic (exact) mass is 223 g/mol. The van der Waals surface area contributed by atoms with Crippen LogP contribution in [0.5, 0.6) is 5.75 Å². The van der Waals surface area contributed by atoms with Gasteiger partial charge in [0.1, 0.15) is 5.75 Å². The Morgan fingerprint density at radius 3 is 2.64 bits per heavy atom. The third-order valence-corrected chi connectivity index (χ3v) is 1.34. The average molecular weight is 224 g/mol. The molecule has 0 aliphatic carbocycles. The van der Waals surface area contributed by atoms with Crippen LogP contribution in [-0.2, 0) is 0 Å². The van der Waals surface area contributed by atoms with Crippen LogP contribution in [0.3, 0.4) is 0 Å². The van der Waals surface area contributed by atoms with E-state index >= 15 is 0 Å². The van der Waals surface area contributed by atoms with Gasteiger partial charge in [0.05, 0.1) is 11.0 Å². The largest absolute Gasteiger partial charge is 0.487 e. The SMILES string of the molecule is O=[N+]([O-])c1cccc(OC(F)(F)Cl)c1. The Hall–Kier alpha value is -1.43. The minimum atomic E-state index is -3.87. The molecular formula is C7H4ClF2NO3. The third kappa shape index (κ3) is 3.14. The molecule has 0 fully saturated rings. The van der Waals surface area contributed by atoms with E-state index in [1.54, 1.807) is 0 Å². The lowest BCUT2D eigenvalue weighted by Gasteiger charge is -2.09. The number of non-ortho nitro benzene ring substituents is 1. The Morgan fingerprint density at radius 2 is 2.14 bits per heavy atom. The van der Waals surface area contributed by atoms with Gasteiger partial charge >= 0.3 is 5.57 Å². The Balaban J connectivity index is 2.89. The van der Waals surface area contributed by atoms with Crippen molar-refractivity contribution >= 4 is 17.3 Å². The van der Waals surface area contributed by atoms with E-state index in [0.29, 0.717) is 0 Å². The summed E-state index contributed by atoms with van der Waals surface area (Å²) in [4.78, 5) is 9.53. The number of nitrogens with zero attached hydrogens (tertiary/aromatic N) is 1. The van der Waals surface area contributed by atoms with Crippen LogP contribution in [0.15, 0.2) is 24.3 Å². The van der Waals surface area contributed by atoms with E-state index in [1.165, 1.54) is 6.07 Å². The van der Waals surface area contributed by atoms with Crippen molar-refractivity contribution in [3.05, 3.63) is 34.4 Å². The number of nitro groups is 1. The minimum Gasteiger partial charge on any atom is -0.420 e. The number of hydrogen-bond donors (Lipinski definition) is 0. The summed E-state index contributed by atoms with van der Waals surface area (Å²) in [5, 5.41) is 10.2. The third-order valence-electron chi connectivity index (χ3n) is 1.26. The van der Waals surface area contributed by atoms with E-state index in [9.17, 15) is 18.9 Å². The number of hydrogen-bond acceptors (Lipinski definition) is 3. The molecule has 0 saturated carbocycles. The van der Waals surface area contributed by atoms with Crippen molar-refractivity contribution in [1.82, 2.24) is 0 Å². The standard InChI is InChI=1S/C7H4ClF2NO3/c8-7(9,10)14-6-3-1-2-5(4-6)11(12)13/h1-4H. The smallest absolute Gasteiger partial charge is 0.420 e. The molecule has 0 unspecified atom stereocenters. The lowest BCUT2D eigenvalue weighted by atomic mass is 10.3. The molecule has 0 atom stereocenters. The van der Waals surface area contributed by atoms with Gasteiger partial charge in [-0.2, -0.15) is 0 Å². The second kappa shape index (κ2) is 3.75. The molecule has 0 heterocycles. The maximum atomic E-state index is 12.1. The fourth-order valence-electron chi connectivity index (χ4n) is 0.794. The highest BCUT2D eigenvalue weighted by molar-refractivity contribution is 6.20. The lowest BCUT2D eigenvalue weighted by Crippen LogP contribution is -2.15. The lowest BCUT2D eigenvalue weighted by molar-refractivity contribution is -0.385. The number of ether oxygens (including phenoxy) is 1. The highest BCUT2D eigenvalue weighted by Gasteiger charge is 2.28. The highest BCUT2D eigenvalue weighted by Crippen LogP contribution is 2.27. The zero-order valence-corrected chi connectivity index (χ0v) is 7.37. The summed E-state index contributed by atoms with van der Waals surface area (Å²) < 4.78 is 28.1. The predicted octanol–water partition coefficient (Wildman–Crippen LogP) is 2.76. The van der Waals surface area contributed by atoms with Gasteiger partial charge in [-0.1, -0.05) is 6.07 Å². The van der Waals surface area contributed by atoms with Gasteiger partial charge in [0, 0.05) is 17.7 Å². The zero-order chi connectivity index (χ0) is 10.8. The van der Waals surface area contributed by atoms with E-state index in [0.717, 1.165) is 18.2 Å². The first-order chi connectivity index (χ1) is 6.38. The van der Waals surface area contributed by atoms with Crippen LogP contribution >= 0.6 is 11.6 Å². The molecule has 0 saturated heterocycles. The average Bonchev–Trinajstić information content (AvgIpc) is 2.01. The number of rotatable bonds is 3. The molecule has 0 amide bonds. The van der Waals surface area contributed by atoms with Gasteiger partial charge in [-0.3, -0.25) is 10.1 Å². The molecule has 0 aromatic heterocycles. The van der Waals surface area contributed by atoms with E-state index in [2.05, 4.69) is 16.3 Å². The molecule has 0 aliphatic rings. The molecule has 7 heteroatoms. The first-order valence-electron chi connectivity index (χ1n) is 3.39. The summed E-state index contributed by atoms with van der Waals surface area (Å²) in [5.41, 5.74) is -4.21. The molecule has 1 aromatic rings. The molecule has 0 spiro atoms. The fraction of sp³-hybridized carbons (Fsp3) is 0.143. The maximum Gasteiger partial charge on any atom is 0.487 e. The van der Waals surface area contributed by atoms with E-state index in [1.807, 2.05) is 0 Å². The quantitative estimate of drug-likeness (QED) is 0.450. The summed E-state index contributed by atoms with van der Waals surface area (Å²) in [7, 11) is 0. The summed E-state index contributed by atoms with van der Waals surface area (Å²) in [6.07, 6.45) is 0. The van der Waals surface area contributed by atoms with Crippen LogP contribution in [0.4, 0.5) is 14.5 Å². The van der Waals surface area contributed by atoms with Crippen LogP contribution < -0.4 is 4.74 Å². The van der Waals surface area contributed by atoms with Gasteiger partial charge in [0.15, 0.2) is 0 Å². The van der Waals surface area contributed by atoms with Gasteiger partial charge in [-0.05, 0) is 6.07 Å². The molecule has 0 bridgehead atoms. The van der Waals surface area contributed by atoms with Crippen molar-refractivity contribution in [1.29, 1.82) is 0 Å². The van der Waals surface area contributed by atoms with E-state index < -0.39 is 10.5 Å². The zero-order valence-electron chi connectivity index (χ0n) is 6.62. The minimum absolute atomic E-state index is 0.344. The van der Waals surface area contributed by atoms with Crippen molar-refractivity contribution in [2.24, 2.45) is 0 Å². The first kappa shape index (κ1) is 10.6. The summed E-state index contributed by atoms with van der Waals surface area (Å²) in [6, 6.07) is 4.37. The van der Waals surface area contributed by atoms with Crippen LogP contribution in [0.2, 0.25) is 0 Å². The molecule has 0 radical (unpaired) electrons. The van der Waals surface area contributed by atoms with Crippen molar-refractivity contribution in [3.8, 4) is 5.75 Å². The van der Waals surface area contributed by atoms with E-state index in [-0.39, 0.29) is 11.4 Å². The van der Waals surface area contributed by atoms with Gasteiger partial charge < -0.3 is 4.74 Å². The maximum absolute atomic E-state index is 12.1. The van der Waals surface area contributed by atoms with Crippen LogP contribution in [0.1, 0.15) is 0 Å². The summed E-state index contributed by atoms with van der Waals surface area (Å²) in [5.74, 6) is -0.362. The number of benzene rings is 1. The summed E-state index contributed by atoms with van der Waals surface area (Å²) in [6.45, 7) is 0. The molecule has 76 valence electrons. The van der Waals surface area contributed by atoms with Crippen LogP contribution in [0, 0.1) is 10.1 Å². The Labute approximate surface area is 82.2 Å². The molecule has 1 aromatic carbocycles. The van der Waals surface area contributed by atoms with Gasteiger partial charge in [-0.15, -0.1) is 8.78 Å². The summed E-state index contributed by atoms with van der Waals surface area (Å²) >= 11 is 4.47. The van der Waals surface area contributed by atoms with Crippen molar-refractivity contribution < 1.29 is 18.4 Å². The van der Waals surface area contributed by atoms with Crippen LogP contribution in [0.25, 0.3) is 0 Å². The molecular weight excluding hydrogens is 220 g/mol. The van der Waals surface area contributed by atoms with Gasteiger partial charge in [0.25, 0.3) is 5.69 Å². The Kier molecular flexibility index (Phi) is 2.85. The van der Waals surface area contributed by atoms with Crippen molar-refractivity contribution in [2.45, 2.75) is 5.57 Å².